The van der Waals surface area contributed by atoms with E-state index in [-0.39, 0.29) is 11.5 Å². The van der Waals surface area contributed by atoms with Gasteiger partial charge in [-0.25, -0.2) is 0 Å². The predicted octanol–water partition coefficient (Wildman–Crippen LogP) is 3.32. The van der Waals surface area contributed by atoms with Crippen LogP contribution in [-0.4, -0.2) is 12.2 Å². The average Bonchev–Trinajstić information content (AvgIpc) is 2.33. The van der Waals surface area contributed by atoms with Crippen molar-refractivity contribution in [2.75, 3.05) is 0 Å². The summed E-state index contributed by atoms with van der Waals surface area (Å²) in [5.74, 6) is 0.573. The third kappa shape index (κ3) is 1.35. The standard InChI is InChI=1S/C13H20O/c1-5-6-11-10-7-8-13(3,4)12(14-11)9(10)2/h5-6,10-12H,2,7-8H2,1,3-4H3/b6-5+/t10-,11+,12-/m1/s1. The fourth-order valence-corrected chi connectivity index (χ4v) is 2.81. The molecule has 1 aliphatic carbocycles. The first kappa shape index (κ1) is 9.97. The molecule has 3 atom stereocenters. The van der Waals surface area contributed by atoms with Gasteiger partial charge in [0.25, 0.3) is 0 Å². The summed E-state index contributed by atoms with van der Waals surface area (Å²) < 4.78 is 6.07. The zero-order valence-electron chi connectivity index (χ0n) is 9.42. The van der Waals surface area contributed by atoms with Gasteiger partial charge in [0.15, 0.2) is 0 Å². The summed E-state index contributed by atoms with van der Waals surface area (Å²) in [6.45, 7) is 10.8. The van der Waals surface area contributed by atoms with Gasteiger partial charge in [0, 0.05) is 5.92 Å². The summed E-state index contributed by atoms with van der Waals surface area (Å²) in [4.78, 5) is 0. The summed E-state index contributed by atoms with van der Waals surface area (Å²) >= 11 is 0. The number of allylic oxidation sites excluding steroid dienone is 1. The van der Waals surface area contributed by atoms with Crippen LogP contribution in [0, 0.1) is 11.3 Å². The molecule has 1 saturated heterocycles. The van der Waals surface area contributed by atoms with Gasteiger partial charge in [-0.1, -0.05) is 32.6 Å². The van der Waals surface area contributed by atoms with E-state index >= 15 is 0 Å². The van der Waals surface area contributed by atoms with Crippen molar-refractivity contribution in [1.82, 2.24) is 0 Å². The Hall–Kier alpha value is -0.560. The van der Waals surface area contributed by atoms with E-state index < -0.39 is 0 Å². The van der Waals surface area contributed by atoms with Crippen LogP contribution >= 0.6 is 0 Å². The largest absolute Gasteiger partial charge is 0.365 e. The molecule has 1 heteroatoms. The SMILES string of the molecule is C=C1[C@H]2CCC(C)(C)[C@@H]1O[C@H]2/C=C/C. The molecule has 0 amide bonds. The van der Waals surface area contributed by atoms with Gasteiger partial charge in [0.05, 0.1) is 12.2 Å². The Morgan fingerprint density at radius 1 is 1.50 bits per heavy atom. The number of hydrogen-bond acceptors (Lipinski definition) is 1. The van der Waals surface area contributed by atoms with E-state index in [9.17, 15) is 0 Å². The van der Waals surface area contributed by atoms with Crippen LogP contribution in [0.4, 0.5) is 0 Å². The average molecular weight is 192 g/mol. The molecule has 0 aromatic heterocycles. The summed E-state index contributed by atoms with van der Waals surface area (Å²) in [5.41, 5.74) is 1.61. The zero-order chi connectivity index (χ0) is 10.3. The van der Waals surface area contributed by atoms with Crippen LogP contribution in [0.2, 0.25) is 0 Å². The third-order valence-electron chi connectivity index (χ3n) is 3.69. The summed E-state index contributed by atoms with van der Waals surface area (Å²) in [7, 11) is 0. The Bertz CT molecular complexity index is 275. The number of hydrogen-bond donors (Lipinski definition) is 0. The predicted molar refractivity (Wildman–Crippen MR) is 59.1 cm³/mol. The van der Waals surface area contributed by atoms with Gasteiger partial charge in [-0.3, -0.25) is 0 Å². The number of rotatable bonds is 1. The van der Waals surface area contributed by atoms with Gasteiger partial charge in [0.2, 0.25) is 0 Å². The molecule has 78 valence electrons. The van der Waals surface area contributed by atoms with Gasteiger partial charge >= 0.3 is 0 Å². The first-order chi connectivity index (χ1) is 6.56. The normalized spacial score (nSPS) is 40.8. The van der Waals surface area contributed by atoms with Crippen LogP contribution in [0.15, 0.2) is 24.3 Å². The minimum Gasteiger partial charge on any atom is -0.365 e. The highest BCUT2D eigenvalue weighted by Crippen LogP contribution is 2.50. The quantitative estimate of drug-likeness (QED) is 0.579. The van der Waals surface area contributed by atoms with E-state index in [2.05, 4.69) is 39.5 Å². The minimum atomic E-state index is 0.280. The van der Waals surface area contributed by atoms with E-state index in [0.717, 1.165) is 0 Å². The Labute approximate surface area is 86.8 Å². The van der Waals surface area contributed by atoms with Crippen molar-refractivity contribution in [3.8, 4) is 0 Å². The molecule has 2 aliphatic rings. The summed E-state index contributed by atoms with van der Waals surface area (Å²) in [6.07, 6.45) is 7.33. The fourth-order valence-electron chi connectivity index (χ4n) is 2.81. The second kappa shape index (κ2) is 3.23. The monoisotopic (exact) mass is 192 g/mol. The molecular formula is C13H20O. The van der Waals surface area contributed by atoms with Gasteiger partial charge in [-0.2, -0.15) is 0 Å². The molecule has 2 rings (SSSR count). The topological polar surface area (TPSA) is 9.23 Å². The van der Waals surface area contributed by atoms with E-state index in [0.29, 0.717) is 12.0 Å². The summed E-state index contributed by atoms with van der Waals surface area (Å²) in [5, 5.41) is 0. The van der Waals surface area contributed by atoms with Gasteiger partial charge in [-0.15, -0.1) is 0 Å². The van der Waals surface area contributed by atoms with Crippen LogP contribution in [0.25, 0.3) is 0 Å². The second-order valence-corrected chi connectivity index (χ2v) is 5.22. The van der Waals surface area contributed by atoms with Crippen molar-refractivity contribution in [3.63, 3.8) is 0 Å². The van der Waals surface area contributed by atoms with Crippen LogP contribution in [0.3, 0.4) is 0 Å². The molecule has 0 N–H and O–H groups in total. The molecule has 1 heterocycles. The molecule has 0 radical (unpaired) electrons. The lowest BCUT2D eigenvalue weighted by molar-refractivity contribution is 0.0130. The third-order valence-corrected chi connectivity index (χ3v) is 3.69. The van der Waals surface area contributed by atoms with Crippen molar-refractivity contribution >= 4 is 0 Å². The van der Waals surface area contributed by atoms with Crippen LogP contribution in [0.1, 0.15) is 33.6 Å². The lowest BCUT2D eigenvalue weighted by Gasteiger charge is -2.35. The molecule has 1 saturated carbocycles. The van der Waals surface area contributed by atoms with Crippen LogP contribution < -0.4 is 0 Å². The second-order valence-electron chi connectivity index (χ2n) is 5.22. The Morgan fingerprint density at radius 3 is 2.79 bits per heavy atom. The van der Waals surface area contributed by atoms with E-state index in [1.54, 1.807) is 0 Å². The highest BCUT2D eigenvalue weighted by molar-refractivity contribution is 5.24. The highest BCUT2D eigenvalue weighted by Gasteiger charge is 2.48. The molecule has 14 heavy (non-hydrogen) atoms. The number of fused-ring (bicyclic) bond motifs is 2. The van der Waals surface area contributed by atoms with Crippen molar-refractivity contribution in [2.24, 2.45) is 11.3 Å². The molecule has 1 nitrogen and oxygen atoms in total. The minimum absolute atomic E-state index is 0.280. The first-order valence-corrected chi connectivity index (χ1v) is 5.53. The van der Waals surface area contributed by atoms with Gasteiger partial charge in [-0.05, 0) is 30.8 Å². The Balaban J connectivity index is 2.25. The lowest BCUT2D eigenvalue weighted by Crippen LogP contribution is -2.33. The molecule has 0 aromatic rings. The number of ether oxygens (including phenoxy) is 1. The lowest BCUT2D eigenvalue weighted by atomic mass is 9.69. The molecule has 0 spiro atoms. The molecular weight excluding hydrogens is 172 g/mol. The first-order valence-electron chi connectivity index (χ1n) is 5.53. The molecule has 0 unspecified atom stereocenters. The maximum absolute atomic E-state index is 6.07. The molecule has 1 aliphatic heterocycles. The van der Waals surface area contributed by atoms with Crippen LogP contribution in [-0.2, 0) is 4.74 Å². The maximum atomic E-state index is 6.07. The van der Waals surface area contributed by atoms with Gasteiger partial charge in [0.1, 0.15) is 0 Å². The van der Waals surface area contributed by atoms with Crippen molar-refractivity contribution in [3.05, 3.63) is 24.3 Å². The summed E-state index contributed by atoms with van der Waals surface area (Å²) in [6, 6.07) is 0. The van der Waals surface area contributed by atoms with E-state index in [1.165, 1.54) is 18.4 Å². The Kier molecular flexibility index (Phi) is 2.30. The highest BCUT2D eigenvalue weighted by atomic mass is 16.5. The molecule has 2 bridgehead atoms. The smallest absolute Gasteiger partial charge is 0.0845 e. The molecule has 0 aromatic carbocycles. The van der Waals surface area contributed by atoms with Gasteiger partial charge < -0.3 is 4.74 Å². The maximum Gasteiger partial charge on any atom is 0.0845 e. The zero-order valence-corrected chi connectivity index (χ0v) is 9.42. The van der Waals surface area contributed by atoms with Crippen molar-refractivity contribution in [1.29, 1.82) is 0 Å². The van der Waals surface area contributed by atoms with Crippen LogP contribution in [0.5, 0.6) is 0 Å². The van der Waals surface area contributed by atoms with E-state index in [4.69, 9.17) is 4.74 Å². The fraction of sp³-hybridized carbons (Fsp3) is 0.692. The van der Waals surface area contributed by atoms with Crippen molar-refractivity contribution < 1.29 is 4.74 Å². The van der Waals surface area contributed by atoms with Crippen molar-refractivity contribution in [2.45, 2.75) is 45.8 Å². The molecule has 2 fully saturated rings. The Morgan fingerprint density at radius 2 is 2.21 bits per heavy atom. The van der Waals surface area contributed by atoms with E-state index in [1.807, 2.05) is 0 Å².